The highest BCUT2D eigenvalue weighted by Gasteiger charge is 2.10. The van der Waals surface area contributed by atoms with Gasteiger partial charge in [0.15, 0.2) is 12.0 Å². The number of carbonyl (C=O) groups is 1. The molecule has 0 aliphatic carbocycles. The van der Waals surface area contributed by atoms with E-state index >= 15 is 0 Å². The van der Waals surface area contributed by atoms with E-state index in [-0.39, 0.29) is 0 Å². The number of carbonyl (C=O) groups excluding carboxylic acids is 1. The molecule has 4 nitrogen and oxygen atoms in total. The van der Waals surface area contributed by atoms with Crippen LogP contribution < -0.4 is 0 Å². The highest BCUT2D eigenvalue weighted by molar-refractivity contribution is 6.30. The lowest BCUT2D eigenvalue weighted by atomic mass is 10.2. The van der Waals surface area contributed by atoms with Gasteiger partial charge in [0.2, 0.25) is 0 Å². The topological polar surface area (TPSA) is 47.8 Å². The third-order valence-corrected chi connectivity index (χ3v) is 3.01. The van der Waals surface area contributed by atoms with E-state index < -0.39 is 0 Å². The van der Waals surface area contributed by atoms with Crippen molar-refractivity contribution in [1.82, 2.24) is 15.0 Å². The lowest BCUT2D eigenvalue weighted by Crippen LogP contribution is -2.08. The fourth-order valence-corrected chi connectivity index (χ4v) is 1.94. The van der Waals surface area contributed by atoms with Gasteiger partial charge >= 0.3 is 0 Å². The Kier molecular flexibility index (Phi) is 4.69. The Bertz CT molecular complexity index is 615. The summed E-state index contributed by atoms with van der Waals surface area (Å²) in [5, 5.41) is 8.60. The van der Waals surface area contributed by atoms with Crippen LogP contribution in [-0.4, -0.2) is 21.3 Å². The van der Waals surface area contributed by atoms with Crippen molar-refractivity contribution in [2.75, 3.05) is 0 Å². The minimum Gasteiger partial charge on any atom is -0.296 e. The van der Waals surface area contributed by atoms with Gasteiger partial charge in [-0.25, -0.2) is 4.68 Å². The van der Waals surface area contributed by atoms with Crippen LogP contribution in [0.2, 0.25) is 5.02 Å². The summed E-state index contributed by atoms with van der Waals surface area (Å²) in [4.78, 5) is 11.0. The smallest absolute Gasteiger partial charge is 0.172 e. The molecule has 0 radical (unpaired) electrons. The second kappa shape index (κ2) is 6.48. The van der Waals surface area contributed by atoms with E-state index in [4.69, 9.17) is 11.6 Å². The highest BCUT2D eigenvalue weighted by atomic mass is 35.5. The van der Waals surface area contributed by atoms with Gasteiger partial charge < -0.3 is 0 Å². The van der Waals surface area contributed by atoms with Gasteiger partial charge in [-0.05, 0) is 29.7 Å². The van der Waals surface area contributed by atoms with Crippen LogP contribution in [0.4, 0.5) is 0 Å². The van der Waals surface area contributed by atoms with Gasteiger partial charge in [0.25, 0.3) is 0 Å². The van der Waals surface area contributed by atoms with Crippen molar-refractivity contribution in [3.05, 3.63) is 46.2 Å². The first-order valence-electron chi connectivity index (χ1n) is 6.42. The molecule has 1 aromatic carbocycles. The van der Waals surface area contributed by atoms with Crippen molar-refractivity contribution in [1.29, 1.82) is 0 Å². The second-order valence-electron chi connectivity index (χ2n) is 4.94. The molecule has 0 amide bonds. The molecule has 0 fully saturated rings. The minimum atomic E-state index is 0.357. The van der Waals surface area contributed by atoms with Crippen LogP contribution >= 0.6 is 11.6 Å². The summed E-state index contributed by atoms with van der Waals surface area (Å²) in [5.41, 5.74) is 2.09. The van der Waals surface area contributed by atoms with Gasteiger partial charge in [0, 0.05) is 11.6 Å². The number of rotatable bonds is 5. The first kappa shape index (κ1) is 14.5. The molecule has 20 heavy (non-hydrogen) atoms. The zero-order valence-electron chi connectivity index (χ0n) is 11.5. The van der Waals surface area contributed by atoms with Crippen LogP contribution in [0.5, 0.6) is 0 Å². The van der Waals surface area contributed by atoms with Gasteiger partial charge in [-0.15, -0.1) is 5.10 Å². The summed E-state index contributed by atoms with van der Waals surface area (Å²) in [6.45, 7) is 4.91. The molecule has 0 atom stereocenters. The summed E-state index contributed by atoms with van der Waals surface area (Å²) < 4.78 is 1.75. The number of halogens is 1. The molecule has 0 saturated carbocycles. The van der Waals surface area contributed by atoms with E-state index in [0.29, 0.717) is 16.6 Å². The maximum Gasteiger partial charge on any atom is 0.172 e. The fraction of sp³-hybridized carbons (Fsp3) is 0.267. The van der Waals surface area contributed by atoms with Crippen molar-refractivity contribution < 1.29 is 4.79 Å². The number of aldehydes is 1. The summed E-state index contributed by atoms with van der Waals surface area (Å²) >= 11 is 5.85. The molecule has 2 rings (SSSR count). The Morgan fingerprint density at radius 1 is 1.25 bits per heavy atom. The Balaban J connectivity index is 2.29. The Labute approximate surface area is 123 Å². The quantitative estimate of drug-likeness (QED) is 0.791. The molecule has 2 aromatic rings. The van der Waals surface area contributed by atoms with E-state index in [0.717, 1.165) is 24.1 Å². The zero-order chi connectivity index (χ0) is 14.5. The SMILES string of the molecule is CC(C)Cn1nnc(C=O)c1/C=C/c1ccc(Cl)cc1. The van der Waals surface area contributed by atoms with E-state index in [1.54, 1.807) is 4.68 Å². The van der Waals surface area contributed by atoms with Crippen LogP contribution in [0.1, 0.15) is 35.6 Å². The molecule has 0 N–H and O–H groups in total. The zero-order valence-corrected chi connectivity index (χ0v) is 12.2. The molecule has 0 unspecified atom stereocenters. The molecule has 0 bridgehead atoms. The number of aromatic nitrogens is 3. The fourth-order valence-electron chi connectivity index (χ4n) is 1.82. The third-order valence-electron chi connectivity index (χ3n) is 2.75. The van der Waals surface area contributed by atoms with Gasteiger partial charge in [-0.2, -0.15) is 0 Å². The Morgan fingerprint density at radius 3 is 2.55 bits per heavy atom. The molecule has 1 aromatic heterocycles. The largest absolute Gasteiger partial charge is 0.296 e. The maximum absolute atomic E-state index is 11.0. The van der Waals surface area contributed by atoms with Crippen molar-refractivity contribution in [3.8, 4) is 0 Å². The standard InChI is InChI=1S/C15H16ClN3O/c1-11(2)9-19-15(14(10-20)17-18-19)8-5-12-3-6-13(16)7-4-12/h3-8,10-11H,9H2,1-2H3/b8-5+. The molecule has 0 aliphatic rings. The molecule has 0 spiro atoms. The monoisotopic (exact) mass is 289 g/mol. The molecular weight excluding hydrogens is 274 g/mol. The van der Waals surface area contributed by atoms with E-state index in [9.17, 15) is 4.79 Å². The lowest BCUT2D eigenvalue weighted by molar-refractivity contribution is 0.111. The summed E-state index contributed by atoms with van der Waals surface area (Å²) in [7, 11) is 0. The van der Waals surface area contributed by atoms with Crippen molar-refractivity contribution in [2.24, 2.45) is 5.92 Å². The van der Waals surface area contributed by atoms with Crippen LogP contribution in [0.25, 0.3) is 12.2 Å². The number of nitrogens with zero attached hydrogens (tertiary/aromatic N) is 3. The van der Waals surface area contributed by atoms with Gasteiger partial charge in [0.05, 0.1) is 5.69 Å². The molecule has 1 heterocycles. The molecule has 104 valence electrons. The van der Waals surface area contributed by atoms with E-state index in [2.05, 4.69) is 24.2 Å². The number of benzene rings is 1. The van der Waals surface area contributed by atoms with Crippen molar-refractivity contribution in [3.63, 3.8) is 0 Å². The van der Waals surface area contributed by atoms with E-state index in [1.165, 1.54) is 0 Å². The van der Waals surface area contributed by atoms with Crippen LogP contribution in [-0.2, 0) is 6.54 Å². The lowest BCUT2D eigenvalue weighted by Gasteiger charge is -2.06. The molecular formula is C15H16ClN3O. The van der Waals surface area contributed by atoms with Gasteiger partial charge in [-0.3, -0.25) is 4.79 Å². The van der Waals surface area contributed by atoms with E-state index in [1.807, 2.05) is 36.4 Å². The Morgan fingerprint density at radius 2 is 1.95 bits per heavy atom. The predicted octanol–water partition coefficient (Wildman–Crippen LogP) is 3.57. The maximum atomic E-state index is 11.0. The predicted molar refractivity (Wildman–Crippen MR) is 80.6 cm³/mol. The summed E-state index contributed by atoms with van der Waals surface area (Å²) in [6, 6.07) is 7.48. The Hall–Kier alpha value is -1.94. The van der Waals surface area contributed by atoms with Gasteiger partial charge in [0.1, 0.15) is 0 Å². The number of hydrogen-bond acceptors (Lipinski definition) is 3. The van der Waals surface area contributed by atoms with Crippen molar-refractivity contribution in [2.45, 2.75) is 20.4 Å². The third kappa shape index (κ3) is 3.54. The average Bonchev–Trinajstić information content (AvgIpc) is 2.79. The van der Waals surface area contributed by atoms with Crippen LogP contribution in [0.15, 0.2) is 24.3 Å². The minimum absolute atomic E-state index is 0.357. The second-order valence-corrected chi connectivity index (χ2v) is 5.38. The first-order chi connectivity index (χ1) is 9.60. The summed E-state index contributed by atoms with van der Waals surface area (Å²) in [6.07, 6.45) is 4.50. The molecule has 0 aliphatic heterocycles. The highest BCUT2D eigenvalue weighted by Crippen LogP contribution is 2.14. The average molecular weight is 290 g/mol. The number of hydrogen-bond donors (Lipinski definition) is 0. The summed E-state index contributed by atoms with van der Waals surface area (Å²) in [5.74, 6) is 0.430. The van der Waals surface area contributed by atoms with Gasteiger partial charge in [-0.1, -0.05) is 48.9 Å². The molecule has 5 heteroatoms. The van der Waals surface area contributed by atoms with Crippen LogP contribution in [0, 0.1) is 5.92 Å². The van der Waals surface area contributed by atoms with Crippen molar-refractivity contribution >= 4 is 30.0 Å². The normalized spacial score (nSPS) is 11.4. The first-order valence-corrected chi connectivity index (χ1v) is 6.80. The van der Waals surface area contributed by atoms with Crippen LogP contribution in [0.3, 0.4) is 0 Å². The molecule has 0 saturated heterocycles.